The molecule has 2 nitrogen and oxygen atoms in total. The van der Waals surface area contributed by atoms with E-state index in [4.69, 9.17) is 0 Å². The molecular weight excluding hydrogens is 315 g/mol. The fourth-order valence-corrected chi connectivity index (χ4v) is 3.96. The van der Waals surface area contributed by atoms with Gasteiger partial charge in [-0.3, -0.25) is 4.90 Å². The fraction of sp³-hybridized carbons (Fsp3) is 0.667. The smallest absolute Gasteiger partial charge is 0.0377 e. The number of hydrogen-bond donors (Lipinski definition) is 1. The molecule has 1 saturated heterocycles. The molecule has 0 spiro atoms. The van der Waals surface area contributed by atoms with Gasteiger partial charge >= 0.3 is 0 Å². The minimum absolute atomic E-state index is 0. The van der Waals surface area contributed by atoms with Crippen molar-refractivity contribution in [1.29, 1.82) is 0 Å². The van der Waals surface area contributed by atoms with Crippen LogP contribution in [0.25, 0.3) is 0 Å². The Bertz CT molecular complexity index is 452. The molecule has 0 amide bonds. The summed E-state index contributed by atoms with van der Waals surface area (Å²) in [6.45, 7) is 9.17. The molecule has 4 heteroatoms. The number of nitrogens with zero attached hydrogens (tertiary/aromatic N) is 1. The largest absolute Gasteiger partial charge is 0.314 e. The normalized spacial score (nSPS) is 21.0. The topological polar surface area (TPSA) is 15.3 Å². The van der Waals surface area contributed by atoms with Crippen molar-refractivity contribution in [2.24, 2.45) is 5.92 Å². The Balaban J connectivity index is 0.00000121. The standard InChI is InChI=1S/C18H28N2.2ClH/c1-14-7-8-17(13-15(14)2)18(16-5-3-4-6-16)20-11-9-19-10-12-20;;/h7-8,13,16,18-19H,3-6,9-12H2,1-2H3;2*1H/t18-;;/m1../s1. The number of rotatable bonds is 3. The number of benzene rings is 1. The van der Waals surface area contributed by atoms with E-state index in [1.54, 1.807) is 5.56 Å². The van der Waals surface area contributed by atoms with Gasteiger partial charge in [-0.1, -0.05) is 31.0 Å². The summed E-state index contributed by atoms with van der Waals surface area (Å²) in [7, 11) is 0. The van der Waals surface area contributed by atoms with Crippen molar-refractivity contribution < 1.29 is 0 Å². The van der Waals surface area contributed by atoms with Gasteiger partial charge in [0.15, 0.2) is 0 Å². The zero-order chi connectivity index (χ0) is 13.9. The van der Waals surface area contributed by atoms with Crippen LogP contribution < -0.4 is 5.32 Å². The second kappa shape index (κ2) is 9.12. The first-order chi connectivity index (χ1) is 9.75. The van der Waals surface area contributed by atoms with Crippen LogP contribution in [-0.4, -0.2) is 31.1 Å². The maximum absolute atomic E-state index is 3.49. The molecular formula is C18H30Cl2N2. The molecule has 2 aliphatic rings. The van der Waals surface area contributed by atoms with Crippen molar-refractivity contribution in [3.63, 3.8) is 0 Å². The Labute approximate surface area is 147 Å². The van der Waals surface area contributed by atoms with Crippen LogP contribution in [0, 0.1) is 19.8 Å². The quantitative estimate of drug-likeness (QED) is 0.879. The van der Waals surface area contributed by atoms with Crippen LogP contribution in [0.5, 0.6) is 0 Å². The molecule has 1 aliphatic heterocycles. The lowest BCUT2D eigenvalue weighted by molar-refractivity contribution is 0.125. The molecule has 2 fully saturated rings. The Kier molecular flexibility index (Phi) is 8.20. The number of piperazine rings is 1. The monoisotopic (exact) mass is 344 g/mol. The molecule has 0 bridgehead atoms. The van der Waals surface area contributed by atoms with E-state index in [0.717, 1.165) is 19.0 Å². The molecule has 0 unspecified atom stereocenters. The first-order valence-electron chi connectivity index (χ1n) is 8.27. The molecule has 1 atom stereocenters. The molecule has 126 valence electrons. The van der Waals surface area contributed by atoms with E-state index in [1.165, 1.54) is 49.9 Å². The van der Waals surface area contributed by atoms with E-state index in [-0.39, 0.29) is 24.8 Å². The van der Waals surface area contributed by atoms with Crippen LogP contribution >= 0.6 is 24.8 Å². The van der Waals surface area contributed by atoms with Crippen LogP contribution in [0.1, 0.15) is 48.4 Å². The average Bonchev–Trinajstić information content (AvgIpc) is 2.98. The van der Waals surface area contributed by atoms with Crippen molar-refractivity contribution >= 4 is 24.8 Å². The summed E-state index contributed by atoms with van der Waals surface area (Å²) < 4.78 is 0. The summed E-state index contributed by atoms with van der Waals surface area (Å²) in [5, 5.41) is 3.49. The fourth-order valence-electron chi connectivity index (χ4n) is 3.96. The lowest BCUT2D eigenvalue weighted by Gasteiger charge is -2.39. The van der Waals surface area contributed by atoms with Crippen LogP contribution in [0.4, 0.5) is 0 Å². The zero-order valence-electron chi connectivity index (χ0n) is 13.8. The molecule has 1 aliphatic carbocycles. The van der Waals surface area contributed by atoms with Gasteiger partial charge in [-0.25, -0.2) is 0 Å². The molecule has 1 aromatic rings. The first kappa shape index (κ1) is 19.8. The average molecular weight is 345 g/mol. The summed E-state index contributed by atoms with van der Waals surface area (Å²) in [5.41, 5.74) is 4.42. The van der Waals surface area contributed by atoms with Crippen molar-refractivity contribution in [2.75, 3.05) is 26.2 Å². The van der Waals surface area contributed by atoms with E-state index >= 15 is 0 Å². The van der Waals surface area contributed by atoms with Gasteiger partial charge in [-0.15, -0.1) is 24.8 Å². The van der Waals surface area contributed by atoms with Gasteiger partial charge in [0.1, 0.15) is 0 Å². The van der Waals surface area contributed by atoms with E-state index in [0.29, 0.717) is 6.04 Å². The second-order valence-electron chi connectivity index (χ2n) is 6.62. The summed E-state index contributed by atoms with van der Waals surface area (Å²) in [4.78, 5) is 2.73. The Morgan fingerprint density at radius 1 is 1.00 bits per heavy atom. The maximum atomic E-state index is 3.49. The summed E-state index contributed by atoms with van der Waals surface area (Å²) in [6, 6.07) is 7.79. The van der Waals surface area contributed by atoms with Crippen molar-refractivity contribution in [3.8, 4) is 0 Å². The van der Waals surface area contributed by atoms with E-state index in [1.807, 2.05) is 0 Å². The molecule has 1 N–H and O–H groups in total. The highest BCUT2D eigenvalue weighted by Gasteiger charge is 2.31. The summed E-state index contributed by atoms with van der Waals surface area (Å²) in [5.74, 6) is 0.871. The van der Waals surface area contributed by atoms with Crippen LogP contribution in [-0.2, 0) is 0 Å². The van der Waals surface area contributed by atoms with Crippen LogP contribution in [0.3, 0.4) is 0 Å². The number of hydrogen-bond acceptors (Lipinski definition) is 2. The Morgan fingerprint density at radius 2 is 1.64 bits per heavy atom. The van der Waals surface area contributed by atoms with Crippen molar-refractivity contribution in [3.05, 3.63) is 34.9 Å². The molecule has 0 radical (unpaired) electrons. The molecule has 22 heavy (non-hydrogen) atoms. The van der Waals surface area contributed by atoms with Crippen molar-refractivity contribution in [1.82, 2.24) is 10.2 Å². The SMILES string of the molecule is Cc1ccc([C@@H](C2CCCC2)N2CCNCC2)cc1C.Cl.Cl. The number of aryl methyl sites for hydroxylation is 2. The van der Waals surface area contributed by atoms with Crippen LogP contribution in [0.2, 0.25) is 0 Å². The lowest BCUT2D eigenvalue weighted by Crippen LogP contribution is -2.46. The van der Waals surface area contributed by atoms with E-state index in [2.05, 4.69) is 42.3 Å². The van der Waals surface area contributed by atoms with Gasteiger partial charge in [-0.2, -0.15) is 0 Å². The van der Waals surface area contributed by atoms with Gasteiger partial charge in [0.2, 0.25) is 0 Å². The highest BCUT2D eigenvalue weighted by atomic mass is 35.5. The molecule has 1 saturated carbocycles. The number of nitrogens with one attached hydrogen (secondary N) is 1. The van der Waals surface area contributed by atoms with Crippen molar-refractivity contribution in [2.45, 2.75) is 45.6 Å². The first-order valence-corrected chi connectivity index (χ1v) is 8.27. The third-order valence-electron chi connectivity index (χ3n) is 5.26. The highest BCUT2D eigenvalue weighted by Crippen LogP contribution is 2.40. The minimum Gasteiger partial charge on any atom is -0.314 e. The third-order valence-corrected chi connectivity index (χ3v) is 5.26. The highest BCUT2D eigenvalue weighted by molar-refractivity contribution is 5.85. The van der Waals surface area contributed by atoms with Gasteiger partial charge in [0.05, 0.1) is 0 Å². The molecule has 0 aromatic heterocycles. The summed E-state index contributed by atoms with van der Waals surface area (Å²) in [6.07, 6.45) is 5.69. The van der Waals surface area contributed by atoms with Gasteiger partial charge < -0.3 is 5.32 Å². The van der Waals surface area contributed by atoms with Gasteiger partial charge in [-0.05, 0) is 49.3 Å². The second-order valence-corrected chi connectivity index (χ2v) is 6.62. The predicted octanol–water partition coefficient (Wildman–Crippen LogP) is 4.28. The van der Waals surface area contributed by atoms with Gasteiger partial charge in [0, 0.05) is 32.2 Å². The molecule has 3 rings (SSSR count). The molecule has 1 aromatic carbocycles. The maximum Gasteiger partial charge on any atom is 0.0377 e. The predicted molar refractivity (Wildman–Crippen MR) is 99.6 cm³/mol. The van der Waals surface area contributed by atoms with E-state index in [9.17, 15) is 0 Å². The third kappa shape index (κ3) is 4.38. The number of halogens is 2. The zero-order valence-corrected chi connectivity index (χ0v) is 15.4. The minimum atomic E-state index is 0. The lowest BCUT2D eigenvalue weighted by atomic mass is 9.88. The Morgan fingerprint density at radius 3 is 2.23 bits per heavy atom. The van der Waals surface area contributed by atoms with Gasteiger partial charge in [0.25, 0.3) is 0 Å². The molecule has 1 heterocycles. The summed E-state index contributed by atoms with van der Waals surface area (Å²) >= 11 is 0. The van der Waals surface area contributed by atoms with E-state index < -0.39 is 0 Å². The Hall–Kier alpha value is -0.280. The van der Waals surface area contributed by atoms with Crippen LogP contribution in [0.15, 0.2) is 18.2 Å².